The molecule has 142 valence electrons. The Bertz CT molecular complexity index is 859. The average Bonchev–Trinajstić information content (AvgIpc) is 3.30. The number of hydrogen-bond donors (Lipinski definition) is 0. The molecule has 26 heavy (non-hydrogen) atoms. The van der Waals surface area contributed by atoms with Crippen LogP contribution in [0.2, 0.25) is 0 Å². The molecule has 2 aromatic rings. The molecule has 3 heterocycles. The maximum Gasteiger partial charge on any atom is 0.191 e. The Morgan fingerprint density at radius 1 is 1.35 bits per heavy atom. The van der Waals surface area contributed by atoms with Gasteiger partial charge in [0.2, 0.25) is 0 Å². The minimum Gasteiger partial charge on any atom is -0.302 e. The molecule has 0 N–H and O–H groups in total. The van der Waals surface area contributed by atoms with Gasteiger partial charge in [0.25, 0.3) is 0 Å². The first-order chi connectivity index (χ1) is 12.5. The Balaban J connectivity index is 1.74. The third kappa shape index (κ3) is 4.32. The third-order valence-electron chi connectivity index (χ3n) is 4.31. The average molecular weight is 398 g/mol. The van der Waals surface area contributed by atoms with Gasteiger partial charge in [0.1, 0.15) is 5.82 Å². The van der Waals surface area contributed by atoms with Crippen molar-refractivity contribution >= 4 is 21.6 Å². The topological polar surface area (TPSA) is 108 Å². The summed E-state index contributed by atoms with van der Waals surface area (Å²) >= 11 is 1.50. The number of aryl methyl sites for hydroxylation is 1. The van der Waals surface area contributed by atoms with Crippen LogP contribution in [0.5, 0.6) is 0 Å². The van der Waals surface area contributed by atoms with Gasteiger partial charge in [-0.3, -0.25) is 0 Å². The summed E-state index contributed by atoms with van der Waals surface area (Å²) in [7, 11) is -2.97. The van der Waals surface area contributed by atoms with Crippen molar-refractivity contribution in [2.45, 2.75) is 56.1 Å². The van der Waals surface area contributed by atoms with Gasteiger partial charge in [0.05, 0.1) is 17.3 Å². The molecular formula is C15H23N7O2S2. The van der Waals surface area contributed by atoms with Gasteiger partial charge in [-0.15, -0.1) is 21.9 Å². The van der Waals surface area contributed by atoms with Gasteiger partial charge in [-0.05, 0) is 23.3 Å². The van der Waals surface area contributed by atoms with Gasteiger partial charge in [0, 0.05) is 19.0 Å². The third-order valence-corrected chi connectivity index (χ3v) is 7.05. The van der Waals surface area contributed by atoms with E-state index in [-0.39, 0.29) is 17.4 Å². The fourth-order valence-corrected chi connectivity index (χ4v) is 5.57. The number of nitrogens with zero attached hydrogens (tertiary/aromatic N) is 7. The molecule has 0 aromatic carbocycles. The summed E-state index contributed by atoms with van der Waals surface area (Å²) in [6.45, 7) is 7.26. The first-order valence-corrected chi connectivity index (χ1v) is 11.5. The number of rotatable bonds is 9. The van der Waals surface area contributed by atoms with Crippen LogP contribution in [-0.2, 0) is 28.7 Å². The van der Waals surface area contributed by atoms with Gasteiger partial charge in [0.15, 0.2) is 20.8 Å². The highest BCUT2D eigenvalue weighted by Gasteiger charge is 2.33. The van der Waals surface area contributed by atoms with Gasteiger partial charge in [-0.25, -0.2) is 13.1 Å². The summed E-state index contributed by atoms with van der Waals surface area (Å²) in [5.41, 5.74) is 0. The monoisotopic (exact) mass is 397 g/mol. The molecular weight excluding hydrogens is 374 g/mol. The second-order valence-corrected chi connectivity index (χ2v) is 9.47. The van der Waals surface area contributed by atoms with E-state index in [0.717, 1.165) is 36.2 Å². The molecule has 1 fully saturated rings. The fourth-order valence-electron chi connectivity index (χ4n) is 2.95. The summed E-state index contributed by atoms with van der Waals surface area (Å²) < 4.78 is 27.3. The zero-order chi connectivity index (χ0) is 18.6. The van der Waals surface area contributed by atoms with E-state index < -0.39 is 9.84 Å². The van der Waals surface area contributed by atoms with Crippen LogP contribution in [0, 0.1) is 0 Å². The highest BCUT2D eigenvalue weighted by atomic mass is 32.2. The molecule has 0 saturated carbocycles. The van der Waals surface area contributed by atoms with Crippen LogP contribution >= 0.6 is 11.8 Å². The quantitative estimate of drug-likeness (QED) is 0.462. The SMILES string of the molecule is C=CCn1c(SCc2nnnn2CCCC)nnc1[C@H]1CCS(=O)(=O)C1. The zero-order valence-electron chi connectivity index (χ0n) is 14.8. The second-order valence-electron chi connectivity index (χ2n) is 6.30. The molecule has 0 aliphatic carbocycles. The maximum absolute atomic E-state index is 11.8. The standard InChI is InChI=1S/C15H23N7O2S2/c1-3-5-8-22-13(16-19-20-22)10-25-15-18-17-14(21(15)7-4-2)12-6-9-26(23,24)11-12/h4,12H,2-3,5-11H2,1H3/t12-/m0/s1. The van der Waals surface area contributed by atoms with E-state index >= 15 is 0 Å². The molecule has 0 amide bonds. The van der Waals surface area contributed by atoms with Gasteiger partial charge >= 0.3 is 0 Å². The molecule has 1 atom stereocenters. The van der Waals surface area contributed by atoms with Crippen LogP contribution in [0.4, 0.5) is 0 Å². The van der Waals surface area contributed by atoms with E-state index in [4.69, 9.17) is 0 Å². The Labute approximate surface area is 157 Å². The molecule has 0 spiro atoms. The van der Waals surface area contributed by atoms with E-state index in [2.05, 4.69) is 39.2 Å². The van der Waals surface area contributed by atoms with E-state index in [1.807, 2.05) is 9.25 Å². The Kier molecular flexibility index (Phi) is 6.07. The molecule has 0 unspecified atom stereocenters. The van der Waals surface area contributed by atoms with Crippen molar-refractivity contribution in [1.82, 2.24) is 35.0 Å². The lowest BCUT2D eigenvalue weighted by Gasteiger charge is -2.11. The van der Waals surface area contributed by atoms with Crippen molar-refractivity contribution in [2.24, 2.45) is 0 Å². The molecule has 1 aliphatic heterocycles. The van der Waals surface area contributed by atoms with Crippen molar-refractivity contribution in [1.29, 1.82) is 0 Å². The van der Waals surface area contributed by atoms with Crippen molar-refractivity contribution in [3.8, 4) is 0 Å². The predicted octanol–water partition coefficient (Wildman–Crippen LogP) is 1.45. The van der Waals surface area contributed by atoms with Crippen molar-refractivity contribution in [2.75, 3.05) is 11.5 Å². The smallest absolute Gasteiger partial charge is 0.191 e. The van der Waals surface area contributed by atoms with E-state index in [0.29, 0.717) is 18.7 Å². The first kappa shape index (κ1) is 19.0. The summed E-state index contributed by atoms with van der Waals surface area (Å²) in [6, 6.07) is 0. The molecule has 11 heteroatoms. The molecule has 3 rings (SSSR count). The van der Waals surface area contributed by atoms with Crippen LogP contribution in [0.3, 0.4) is 0 Å². The van der Waals surface area contributed by atoms with Crippen molar-refractivity contribution in [3.63, 3.8) is 0 Å². The summed E-state index contributed by atoms with van der Waals surface area (Å²) in [5.74, 6) is 2.35. The summed E-state index contributed by atoms with van der Waals surface area (Å²) in [6.07, 6.45) is 4.46. The Morgan fingerprint density at radius 3 is 2.88 bits per heavy atom. The van der Waals surface area contributed by atoms with Gasteiger partial charge < -0.3 is 4.57 Å². The molecule has 0 radical (unpaired) electrons. The van der Waals surface area contributed by atoms with E-state index in [9.17, 15) is 8.42 Å². The number of sulfone groups is 1. The lowest BCUT2D eigenvalue weighted by atomic mass is 10.1. The second kappa shape index (κ2) is 8.30. The molecule has 9 nitrogen and oxygen atoms in total. The molecule has 1 aliphatic rings. The van der Waals surface area contributed by atoms with Gasteiger partial charge in [-0.2, -0.15) is 0 Å². The summed E-state index contributed by atoms with van der Waals surface area (Å²) in [4.78, 5) is 0. The highest BCUT2D eigenvalue weighted by Crippen LogP contribution is 2.30. The fraction of sp³-hybridized carbons (Fsp3) is 0.667. The van der Waals surface area contributed by atoms with Crippen molar-refractivity contribution in [3.05, 3.63) is 24.3 Å². The van der Waals surface area contributed by atoms with Crippen LogP contribution < -0.4 is 0 Å². The normalized spacial score (nSPS) is 19.0. The number of aromatic nitrogens is 7. The first-order valence-electron chi connectivity index (χ1n) is 8.66. The Morgan fingerprint density at radius 2 is 2.19 bits per heavy atom. The van der Waals surface area contributed by atoms with Crippen molar-refractivity contribution < 1.29 is 8.42 Å². The van der Waals surface area contributed by atoms with Crippen LogP contribution in [0.1, 0.15) is 43.8 Å². The molecule has 0 bridgehead atoms. The largest absolute Gasteiger partial charge is 0.302 e. The predicted molar refractivity (Wildman–Crippen MR) is 98.5 cm³/mol. The number of hydrogen-bond acceptors (Lipinski definition) is 8. The minimum absolute atomic E-state index is 0.100. The number of allylic oxidation sites excluding steroid dienone is 1. The Hall–Kier alpha value is -1.75. The highest BCUT2D eigenvalue weighted by molar-refractivity contribution is 7.98. The lowest BCUT2D eigenvalue weighted by molar-refractivity contribution is 0.540. The maximum atomic E-state index is 11.8. The minimum atomic E-state index is -2.97. The summed E-state index contributed by atoms with van der Waals surface area (Å²) in [5, 5.41) is 21.1. The number of tetrazole rings is 1. The van der Waals surface area contributed by atoms with E-state index in [1.54, 1.807) is 6.08 Å². The number of thioether (sulfide) groups is 1. The number of unbranched alkanes of at least 4 members (excludes halogenated alkanes) is 1. The lowest BCUT2D eigenvalue weighted by Crippen LogP contribution is -2.11. The van der Waals surface area contributed by atoms with Crippen LogP contribution in [0.25, 0.3) is 0 Å². The van der Waals surface area contributed by atoms with Crippen LogP contribution in [0.15, 0.2) is 17.8 Å². The molecule has 1 saturated heterocycles. The van der Waals surface area contributed by atoms with E-state index in [1.165, 1.54) is 11.8 Å². The molecule has 2 aromatic heterocycles. The van der Waals surface area contributed by atoms with Crippen LogP contribution in [-0.4, -0.2) is 54.9 Å². The zero-order valence-corrected chi connectivity index (χ0v) is 16.4. The van der Waals surface area contributed by atoms with Gasteiger partial charge in [-0.1, -0.05) is 31.2 Å².